The van der Waals surface area contributed by atoms with Crippen molar-refractivity contribution in [2.45, 2.75) is 32.4 Å². The number of pyridine rings is 1. The second-order valence-corrected chi connectivity index (χ2v) is 7.80. The lowest BCUT2D eigenvalue weighted by molar-refractivity contribution is 0.00751. The maximum Gasteiger partial charge on any atom is 0.191 e. The van der Waals surface area contributed by atoms with Gasteiger partial charge in [-0.3, -0.25) is 9.89 Å². The van der Waals surface area contributed by atoms with Crippen molar-refractivity contribution in [1.29, 1.82) is 0 Å². The molecule has 0 saturated carbocycles. The molecule has 0 aromatic carbocycles. The second-order valence-electron chi connectivity index (χ2n) is 7.80. The summed E-state index contributed by atoms with van der Waals surface area (Å²) in [5, 5.41) is 6.98. The first-order valence-corrected chi connectivity index (χ1v) is 10.2. The summed E-state index contributed by atoms with van der Waals surface area (Å²) in [6.45, 7) is 10.4. The van der Waals surface area contributed by atoms with Crippen molar-refractivity contribution in [2.75, 3.05) is 57.9 Å². The van der Waals surface area contributed by atoms with E-state index in [1.54, 1.807) is 19.3 Å². The van der Waals surface area contributed by atoms with Gasteiger partial charge in [-0.15, -0.1) is 24.0 Å². The van der Waals surface area contributed by atoms with Crippen LogP contribution in [0.4, 0.5) is 10.2 Å². The van der Waals surface area contributed by atoms with Gasteiger partial charge < -0.3 is 20.3 Å². The zero-order chi connectivity index (χ0) is 19.9. The monoisotopic (exact) mass is 520 g/mol. The fourth-order valence-electron chi connectivity index (χ4n) is 3.97. The van der Waals surface area contributed by atoms with E-state index in [2.05, 4.69) is 39.4 Å². The Balaban J connectivity index is 0.00000300. The van der Waals surface area contributed by atoms with Crippen LogP contribution in [0.3, 0.4) is 0 Å². The maximum absolute atomic E-state index is 14.0. The number of hydrogen-bond donors (Lipinski definition) is 2. The average Bonchev–Trinajstić information content (AvgIpc) is 3.16. The SMILES string of the molecule is CN=C(NCC(C(C)C)N1CCOCC1)NC1CCN(c2ncccc2F)C1.I. The number of guanidine groups is 1. The molecule has 2 saturated heterocycles. The van der Waals surface area contributed by atoms with Gasteiger partial charge in [0.25, 0.3) is 0 Å². The van der Waals surface area contributed by atoms with Gasteiger partial charge in [0, 0.05) is 58.1 Å². The third-order valence-electron chi connectivity index (χ3n) is 5.55. The lowest BCUT2D eigenvalue weighted by Crippen LogP contribution is -2.53. The Morgan fingerprint density at radius 2 is 2.10 bits per heavy atom. The maximum atomic E-state index is 14.0. The number of nitrogens with zero attached hydrogens (tertiary/aromatic N) is 4. The number of aliphatic imine (C=N–C) groups is 1. The molecule has 2 aliphatic heterocycles. The van der Waals surface area contributed by atoms with Crippen LogP contribution in [0.5, 0.6) is 0 Å². The average molecular weight is 520 g/mol. The Morgan fingerprint density at radius 1 is 1.34 bits per heavy atom. The first-order valence-electron chi connectivity index (χ1n) is 10.2. The van der Waals surface area contributed by atoms with Gasteiger partial charge in [0.1, 0.15) is 0 Å². The van der Waals surface area contributed by atoms with E-state index in [0.29, 0.717) is 24.3 Å². The minimum Gasteiger partial charge on any atom is -0.379 e. The number of aromatic nitrogens is 1. The highest BCUT2D eigenvalue weighted by Gasteiger charge is 2.27. The summed E-state index contributed by atoms with van der Waals surface area (Å²) in [7, 11) is 1.79. The van der Waals surface area contributed by atoms with Crippen LogP contribution < -0.4 is 15.5 Å². The Bertz CT molecular complexity index is 656. The number of morpholine rings is 1. The number of nitrogens with one attached hydrogen (secondary N) is 2. The summed E-state index contributed by atoms with van der Waals surface area (Å²) in [6, 6.07) is 3.73. The highest BCUT2D eigenvalue weighted by Crippen LogP contribution is 2.20. The van der Waals surface area contributed by atoms with Crippen molar-refractivity contribution >= 4 is 35.8 Å². The predicted molar refractivity (Wildman–Crippen MR) is 126 cm³/mol. The van der Waals surface area contributed by atoms with Crippen LogP contribution >= 0.6 is 24.0 Å². The van der Waals surface area contributed by atoms with Crippen LogP contribution in [0.1, 0.15) is 20.3 Å². The largest absolute Gasteiger partial charge is 0.379 e. The molecule has 1 aromatic heterocycles. The zero-order valence-corrected chi connectivity index (χ0v) is 19.9. The first-order chi connectivity index (χ1) is 13.6. The van der Waals surface area contributed by atoms with Crippen molar-refractivity contribution < 1.29 is 9.13 Å². The van der Waals surface area contributed by atoms with Crippen LogP contribution in [-0.2, 0) is 4.74 Å². The summed E-state index contributed by atoms with van der Waals surface area (Å²) < 4.78 is 19.5. The smallest absolute Gasteiger partial charge is 0.191 e. The van der Waals surface area contributed by atoms with Gasteiger partial charge in [0.15, 0.2) is 17.6 Å². The predicted octanol–water partition coefficient (Wildman–Crippen LogP) is 1.94. The normalized spacial score (nSPS) is 21.8. The molecule has 9 heteroatoms. The molecule has 0 bridgehead atoms. The molecule has 3 rings (SSSR count). The number of rotatable bonds is 6. The molecule has 0 radical (unpaired) electrons. The Morgan fingerprint density at radius 3 is 2.76 bits per heavy atom. The molecule has 2 atom stereocenters. The van der Waals surface area contributed by atoms with Crippen molar-refractivity contribution in [1.82, 2.24) is 20.5 Å². The number of ether oxygens (including phenoxy) is 1. The fourth-order valence-corrected chi connectivity index (χ4v) is 3.97. The molecule has 29 heavy (non-hydrogen) atoms. The molecule has 0 aliphatic carbocycles. The molecule has 2 fully saturated rings. The molecule has 2 aliphatic rings. The van der Waals surface area contributed by atoms with E-state index in [1.807, 2.05) is 4.90 Å². The van der Waals surface area contributed by atoms with Crippen LogP contribution in [0.15, 0.2) is 23.3 Å². The molecule has 2 N–H and O–H groups in total. The summed E-state index contributed by atoms with van der Waals surface area (Å²) in [4.78, 5) is 13.1. The third-order valence-corrected chi connectivity index (χ3v) is 5.55. The van der Waals surface area contributed by atoms with E-state index < -0.39 is 0 Å². The van der Waals surface area contributed by atoms with Crippen molar-refractivity contribution in [3.63, 3.8) is 0 Å². The van der Waals surface area contributed by atoms with Crippen molar-refractivity contribution in [3.05, 3.63) is 24.1 Å². The van der Waals surface area contributed by atoms with Crippen LogP contribution in [-0.4, -0.2) is 80.9 Å². The zero-order valence-electron chi connectivity index (χ0n) is 17.6. The summed E-state index contributed by atoms with van der Waals surface area (Å²) in [6.07, 6.45) is 2.56. The van der Waals surface area contributed by atoms with Gasteiger partial charge in [-0.05, 0) is 24.5 Å². The van der Waals surface area contributed by atoms with E-state index >= 15 is 0 Å². The van der Waals surface area contributed by atoms with E-state index in [9.17, 15) is 4.39 Å². The van der Waals surface area contributed by atoms with E-state index in [1.165, 1.54) is 6.07 Å². The standard InChI is InChI=1S/C20H33FN6O.HI/c1-15(2)18(26-9-11-28-12-10-26)13-24-20(22-3)25-16-6-8-27(14-16)19-17(21)5-4-7-23-19;/h4-5,7,15-16,18H,6,8-14H2,1-3H3,(H2,22,24,25);1H. The lowest BCUT2D eigenvalue weighted by atomic mass is 10.0. The molecule has 0 spiro atoms. The molecular formula is C20H34FIN6O. The van der Waals surface area contributed by atoms with Crippen LogP contribution in [0, 0.1) is 11.7 Å². The molecule has 0 amide bonds. The van der Waals surface area contributed by atoms with E-state index in [-0.39, 0.29) is 35.8 Å². The lowest BCUT2D eigenvalue weighted by Gasteiger charge is -2.37. The second kappa shape index (κ2) is 11.8. The van der Waals surface area contributed by atoms with Crippen molar-refractivity contribution in [3.8, 4) is 0 Å². The van der Waals surface area contributed by atoms with Gasteiger partial charge in [-0.25, -0.2) is 9.37 Å². The molecule has 7 nitrogen and oxygen atoms in total. The minimum absolute atomic E-state index is 0. The minimum atomic E-state index is -0.268. The van der Waals surface area contributed by atoms with Gasteiger partial charge in [0.2, 0.25) is 0 Å². The van der Waals surface area contributed by atoms with E-state index in [0.717, 1.165) is 51.8 Å². The molecule has 1 aromatic rings. The third kappa shape index (κ3) is 6.65. The molecular weight excluding hydrogens is 486 g/mol. The summed E-state index contributed by atoms with van der Waals surface area (Å²) in [5.74, 6) is 1.50. The molecule has 2 unspecified atom stereocenters. The summed E-state index contributed by atoms with van der Waals surface area (Å²) >= 11 is 0. The number of anilines is 1. The van der Waals surface area contributed by atoms with Gasteiger partial charge in [-0.2, -0.15) is 0 Å². The van der Waals surface area contributed by atoms with Gasteiger partial charge >= 0.3 is 0 Å². The Kier molecular flexibility index (Phi) is 9.84. The number of hydrogen-bond acceptors (Lipinski definition) is 5. The first kappa shape index (κ1) is 24.1. The summed E-state index contributed by atoms with van der Waals surface area (Å²) in [5.41, 5.74) is 0. The van der Waals surface area contributed by atoms with Crippen LogP contribution in [0.2, 0.25) is 0 Å². The quantitative estimate of drug-likeness (QED) is 0.340. The molecule has 3 heterocycles. The Labute approximate surface area is 190 Å². The van der Waals surface area contributed by atoms with Crippen molar-refractivity contribution in [2.24, 2.45) is 10.9 Å². The fraction of sp³-hybridized carbons (Fsp3) is 0.700. The number of halogens is 2. The molecule has 164 valence electrons. The Hall–Kier alpha value is -1.20. The van der Waals surface area contributed by atoms with Crippen LogP contribution in [0.25, 0.3) is 0 Å². The highest BCUT2D eigenvalue weighted by atomic mass is 127. The topological polar surface area (TPSA) is 65.0 Å². The van der Waals surface area contributed by atoms with E-state index in [4.69, 9.17) is 4.74 Å². The highest BCUT2D eigenvalue weighted by molar-refractivity contribution is 14.0. The van der Waals surface area contributed by atoms with Gasteiger partial charge in [-0.1, -0.05) is 13.8 Å². The van der Waals surface area contributed by atoms with Gasteiger partial charge in [0.05, 0.1) is 13.2 Å².